The van der Waals surface area contributed by atoms with E-state index in [2.05, 4.69) is 59.4 Å². The van der Waals surface area contributed by atoms with Crippen molar-refractivity contribution < 1.29 is 0 Å². The largest absolute Gasteiger partial charge is 0.341 e. The molecule has 0 saturated heterocycles. The van der Waals surface area contributed by atoms with Gasteiger partial charge in [-0.25, -0.2) is 0 Å². The number of hydrogen-bond donors (Lipinski definition) is 0. The molecule has 0 aliphatic carbocycles. The second-order valence-electron chi connectivity index (χ2n) is 5.37. The van der Waals surface area contributed by atoms with Crippen LogP contribution in [0.4, 0.5) is 11.9 Å². The Bertz CT molecular complexity index is 421. The monoisotopic (exact) mass is 313 g/mol. The summed E-state index contributed by atoms with van der Waals surface area (Å²) in [5.41, 5.74) is 0. The quantitative estimate of drug-likeness (QED) is 0.649. The fourth-order valence-corrected chi connectivity index (χ4v) is 2.38. The Hall–Kier alpha value is -1.10. The van der Waals surface area contributed by atoms with Gasteiger partial charge in [0.05, 0.1) is 0 Å². The zero-order chi connectivity index (χ0) is 15.8. The number of nitrogens with zero attached hydrogens (tertiary/aromatic N) is 5. The molecule has 0 atom stereocenters. The Balaban J connectivity index is 3.01. The Morgan fingerprint density at radius 1 is 0.952 bits per heavy atom. The molecule has 5 nitrogen and oxygen atoms in total. The molecule has 0 amide bonds. The highest BCUT2D eigenvalue weighted by molar-refractivity contribution is 6.28. The second-order valence-corrected chi connectivity index (χ2v) is 5.71. The van der Waals surface area contributed by atoms with Gasteiger partial charge in [0, 0.05) is 25.7 Å². The van der Waals surface area contributed by atoms with Gasteiger partial charge in [0.25, 0.3) is 0 Å². The highest BCUT2D eigenvalue weighted by atomic mass is 35.5. The zero-order valence-corrected chi connectivity index (χ0v) is 14.7. The van der Waals surface area contributed by atoms with Crippen LogP contribution in [0, 0.1) is 0 Å². The molecule has 1 rings (SSSR count). The zero-order valence-electron chi connectivity index (χ0n) is 13.9. The fraction of sp³-hybridized carbons (Fsp3) is 0.800. The highest BCUT2D eigenvalue weighted by Gasteiger charge is 2.17. The van der Waals surface area contributed by atoms with Crippen molar-refractivity contribution in [2.24, 2.45) is 0 Å². The van der Waals surface area contributed by atoms with E-state index in [-0.39, 0.29) is 5.28 Å². The summed E-state index contributed by atoms with van der Waals surface area (Å²) >= 11 is 6.10. The van der Waals surface area contributed by atoms with Gasteiger partial charge in [0.1, 0.15) is 0 Å². The van der Waals surface area contributed by atoms with Gasteiger partial charge in [-0.3, -0.25) is 0 Å². The van der Waals surface area contributed by atoms with Crippen molar-refractivity contribution in [3.8, 4) is 0 Å². The molecule has 0 aliphatic heterocycles. The van der Waals surface area contributed by atoms with Crippen molar-refractivity contribution in [1.82, 2.24) is 15.0 Å². The summed E-state index contributed by atoms with van der Waals surface area (Å²) in [5, 5.41) is 0.267. The maximum atomic E-state index is 6.10. The van der Waals surface area contributed by atoms with Crippen LogP contribution < -0.4 is 9.80 Å². The third-order valence-electron chi connectivity index (χ3n) is 3.51. The summed E-state index contributed by atoms with van der Waals surface area (Å²) in [6.07, 6.45) is 3.55. The molecule has 120 valence electrons. The van der Waals surface area contributed by atoms with Gasteiger partial charge in [0.2, 0.25) is 17.2 Å². The van der Waals surface area contributed by atoms with Crippen molar-refractivity contribution >= 4 is 23.5 Å². The topological polar surface area (TPSA) is 45.2 Å². The molecule has 1 aromatic rings. The van der Waals surface area contributed by atoms with E-state index in [1.807, 2.05) is 0 Å². The van der Waals surface area contributed by atoms with Crippen LogP contribution in [-0.2, 0) is 0 Å². The normalized spacial score (nSPS) is 11.0. The number of hydrogen-bond acceptors (Lipinski definition) is 5. The van der Waals surface area contributed by atoms with Gasteiger partial charge in [-0.1, -0.05) is 19.8 Å². The lowest BCUT2D eigenvalue weighted by molar-refractivity contribution is 0.610. The summed E-state index contributed by atoms with van der Waals surface area (Å²) in [4.78, 5) is 17.5. The van der Waals surface area contributed by atoms with Crippen molar-refractivity contribution in [1.29, 1.82) is 0 Å². The van der Waals surface area contributed by atoms with E-state index in [4.69, 9.17) is 11.6 Å². The summed E-state index contributed by atoms with van der Waals surface area (Å²) in [6, 6.07) is 0.338. The Morgan fingerprint density at radius 3 is 2.10 bits per heavy atom. The van der Waals surface area contributed by atoms with Crippen LogP contribution in [0.3, 0.4) is 0 Å². The van der Waals surface area contributed by atoms with Crippen LogP contribution in [0.25, 0.3) is 0 Å². The third kappa shape index (κ3) is 5.30. The summed E-state index contributed by atoms with van der Waals surface area (Å²) in [5.74, 6) is 1.35. The molecule has 1 heterocycles. The Labute approximate surface area is 133 Å². The predicted octanol–water partition coefficient (Wildman–Crippen LogP) is 3.78. The van der Waals surface area contributed by atoms with E-state index in [0.29, 0.717) is 17.9 Å². The van der Waals surface area contributed by atoms with E-state index >= 15 is 0 Å². The van der Waals surface area contributed by atoms with Crippen LogP contribution >= 0.6 is 11.6 Å². The van der Waals surface area contributed by atoms with Crippen molar-refractivity contribution in [2.45, 2.75) is 59.9 Å². The van der Waals surface area contributed by atoms with Crippen molar-refractivity contribution in [3.05, 3.63) is 5.28 Å². The van der Waals surface area contributed by atoms with Crippen LogP contribution in [-0.4, -0.2) is 40.6 Å². The molecule has 0 fully saturated rings. The number of aromatic nitrogens is 3. The van der Waals surface area contributed by atoms with E-state index in [1.54, 1.807) is 0 Å². The average Bonchev–Trinajstić information content (AvgIpc) is 2.44. The fourth-order valence-electron chi connectivity index (χ4n) is 2.23. The van der Waals surface area contributed by atoms with Crippen LogP contribution in [0.1, 0.15) is 53.9 Å². The van der Waals surface area contributed by atoms with Gasteiger partial charge in [0.15, 0.2) is 0 Å². The van der Waals surface area contributed by atoms with E-state index in [9.17, 15) is 0 Å². The summed E-state index contributed by atoms with van der Waals surface area (Å²) in [6.45, 7) is 13.3. The molecule has 6 heteroatoms. The summed E-state index contributed by atoms with van der Waals surface area (Å²) < 4.78 is 0. The average molecular weight is 314 g/mol. The Kier molecular flexibility index (Phi) is 7.72. The molecular weight excluding hydrogens is 286 g/mol. The number of halogens is 1. The minimum absolute atomic E-state index is 0.267. The molecule has 0 unspecified atom stereocenters. The molecular formula is C15H28ClN5. The maximum Gasteiger partial charge on any atom is 0.231 e. The molecule has 0 aliphatic rings. The minimum Gasteiger partial charge on any atom is -0.341 e. The Morgan fingerprint density at radius 2 is 1.57 bits per heavy atom. The standard InChI is InChI=1S/C15H28ClN5/c1-6-9-10-11-21(12(4)5)15-18-13(16)17-14(19-15)20(7-2)8-3/h12H,6-11H2,1-5H3. The van der Waals surface area contributed by atoms with Crippen LogP contribution in [0.15, 0.2) is 0 Å². The molecule has 1 aromatic heterocycles. The molecule has 0 bridgehead atoms. The van der Waals surface area contributed by atoms with Crippen LogP contribution in [0.2, 0.25) is 5.28 Å². The van der Waals surface area contributed by atoms with Crippen molar-refractivity contribution in [2.75, 3.05) is 29.4 Å². The molecule has 0 spiro atoms. The van der Waals surface area contributed by atoms with Gasteiger partial charge in [-0.2, -0.15) is 15.0 Å². The SMILES string of the molecule is CCCCCN(c1nc(Cl)nc(N(CC)CC)n1)C(C)C. The second kappa shape index (κ2) is 9.03. The lowest BCUT2D eigenvalue weighted by Crippen LogP contribution is -2.34. The van der Waals surface area contributed by atoms with Gasteiger partial charge in [-0.05, 0) is 45.7 Å². The molecule has 21 heavy (non-hydrogen) atoms. The highest BCUT2D eigenvalue weighted by Crippen LogP contribution is 2.19. The van der Waals surface area contributed by atoms with E-state index in [0.717, 1.165) is 26.1 Å². The minimum atomic E-state index is 0.267. The third-order valence-corrected chi connectivity index (χ3v) is 3.68. The first kappa shape index (κ1) is 18.0. The predicted molar refractivity (Wildman–Crippen MR) is 90.4 cm³/mol. The van der Waals surface area contributed by atoms with Crippen LogP contribution in [0.5, 0.6) is 0 Å². The van der Waals surface area contributed by atoms with E-state index < -0.39 is 0 Å². The smallest absolute Gasteiger partial charge is 0.231 e. The first-order valence-electron chi connectivity index (χ1n) is 7.96. The van der Waals surface area contributed by atoms with E-state index in [1.165, 1.54) is 12.8 Å². The maximum absolute atomic E-state index is 6.10. The number of rotatable bonds is 9. The van der Waals surface area contributed by atoms with Crippen molar-refractivity contribution in [3.63, 3.8) is 0 Å². The molecule has 0 saturated carbocycles. The van der Waals surface area contributed by atoms with Gasteiger partial charge < -0.3 is 9.80 Å². The molecule has 0 N–H and O–H groups in total. The number of anilines is 2. The molecule has 0 radical (unpaired) electrons. The number of unbranched alkanes of at least 4 members (excludes halogenated alkanes) is 2. The summed E-state index contributed by atoms with van der Waals surface area (Å²) in [7, 11) is 0. The molecule has 0 aromatic carbocycles. The first-order valence-corrected chi connectivity index (χ1v) is 8.34. The lowest BCUT2D eigenvalue weighted by Gasteiger charge is -2.28. The lowest BCUT2D eigenvalue weighted by atomic mass is 10.2. The first-order chi connectivity index (χ1) is 10.0. The van der Waals surface area contributed by atoms with Gasteiger partial charge >= 0.3 is 0 Å². The van der Waals surface area contributed by atoms with Gasteiger partial charge in [-0.15, -0.1) is 0 Å².